The van der Waals surface area contributed by atoms with Gasteiger partial charge in [0.1, 0.15) is 0 Å². The molecule has 4 nitrogen and oxygen atoms in total. The highest BCUT2D eigenvalue weighted by Crippen LogP contribution is 2.32. The minimum atomic E-state index is 0.0824. The molecule has 23 heavy (non-hydrogen) atoms. The standard InChI is InChI=1S/C19H23N3O/c1-14-17(15(2)21(3)20-14)11-12-19(23)22-13-7-10-18(22)16-8-5-4-6-9-16/h4-6,8-9,11-12,18H,7,10,13H2,1-3H3/b12-11+/t18-/m1/s1. The molecular weight excluding hydrogens is 286 g/mol. The van der Waals surface area contributed by atoms with Gasteiger partial charge in [-0.1, -0.05) is 30.3 Å². The van der Waals surface area contributed by atoms with Crippen LogP contribution in [0.1, 0.15) is 41.4 Å². The second kappa shape index (κ2) is 6.41. The summed E-state index contributed by atoms with van der Waals surface area (Å²) in [4.78, 5) is 14.6. The Kier molecular flexibility index (Phi) is 4.33. The molecule has 0 spiro atoms. The highest BCUT2D eigenvalue weighted by Gasteiger charge is 2.28. The first kappa shape index (κ1) is 15.5. The smallest absolute Gasteiger partial charge is 0.247 e. The van der Waals surface area contributed by atoms with Gasteiger partial charge in [-0.3, -0.25) is 9.48 Å². The van der Waals surface area contributed by atoms with Crippen molar-refractivity contribution in [1.29, 1.82) is 0 Å². The highest BCUT2D eigenvalue weighted by molar-refractivity contribution is 5.92. The Morgan fingerprint density at radius 3 is 2.65 bits per heavy atom. The van der Waals surface area contributed by atoms with E-state index in [0.717, 1.165) is 36.3 Å². The van der Waals surface area contributed by atoms with Gasteiger partial charge in [-0.2, -0.15) is 5.10 Å². The molecule has 1 aliphatic rings. The van der Waals surface area contributed by atoms with E-state index in [1.54, 1.807) is 6.08 Å². The van der Waals surface area contributed by atoms with Gasteiger partial charge in [-0.05, 0) is 38.3 Å². The summed E-state index contributed by atoms with van der Waals surface area (Å²) in [6.45, 7) is 4.82. The number of carbonyl (C=O) groups is 1. The molecule has 0 unspecified atom stereocenters. The molecule has 3 rings (SSSR count). The van der Waals surface area contributed by atoms with Crippen molar-refractivity contribution in [2.24, 2.45) is 7.05 Å². The summed E-state index contributed by atoms with van der Waals surface area (Å²) < 4.78 is 1.85. The van der Waals surface area contributed by atoms with E-state index in [1.165, 1.54) is 5.56 Å². The Morgan fingerprint density at radius 1 is 1.26 bits per heavy atom. The molecule has 1 atom stereocenters. The summed E-state index contributed by atoms with van der Waals surface area (Å²) in [6, 6.07) is 10.5. The van der Waals surface area contributed by atoms with E-state index in [0.29, 0.717) is 0 Å². The summed E-state index contributed by atoms with van der Waals surface area (Å²) >= 11 is 0. The number of carbonyl (C=O) groups excluding carboxylic acids is 1. The largest absolute Gasteiger partial charge is 0.332 e. The predicted molar refractivity (Wildman–Crippen MR) is 91.8 cm³/mol. The molecule has 0 N–H and O–H groups in total. The zero-order valence-corrected chi connectivity index (χ0v) is 14.0. The molecule has 1 aromatic carbocycles. The van der Waals surface area contributed by atoms with Crippen molar-refractivity contribution in [3.05, 3.63) is 58.9 Å². The molecule has 2 aromatic rings. The van der Waals surface area contributed by atoms with Crippen LogP contribution in [-0.2, 0) is 11.8 Å². The van der Waals surface area contributed by atoms with E-state index >= 15 is 0 Å². The number of hydrogen-bond acceptors (Lipinski definition) is 2. The third-order valence-corrected chi connectivity index (χ3v) is 4.68. The van der Waals surface area contributed by atoms with Crippen molar-refractivity contribution in [2.75, 3.05) is 6.54 Å². The summed E-state index contributed by atoms with van der Waals surface area (Å²) in [5, 5.41) is 4.39. The maximum absolute atomic E-state index is 12.6. The molecule has 1 amide bonds. The van der Waals surface area contributed by atoms with Gasteiger partial charge in [-0.25, -0.2) is 0 Å². The van der Waals surface area contributed by atoms with E-state index in [2.05, 4.69) is 17.2 Å². The lowest BCUT2D eigenvalue weighted by Gasteiger charge is -2.23. The minimum absolute atomic E-state index is 0.0824. The van der Waals surface area contributed by atoms with Crippen LogP contribution < -0.4 is 0 Å². The fraction of sp³-hybridized carbons (Fsp3) is 0.368. The van der Waals surface area contributed by atoms with Crippen LogP contribution in [0.4, 0.5) is 0 Å². The Hall–Kier alpha value is -2.36. The Bertz CT molecular complexity index is 731. The van der Waals surface area contributed by atoms with Gasteiger partial charge < -0.3 is 4.90 Å². The zero-order chi connectivity index (χ0) is 16.4. The molecule has 1 fully saturated rings. The molecule has 0 bridgehead atoms. The fourth-order valence-corrected chi connectivity index (χ4v) is 3.33. The third kappa shape index (κ3) is 3.07. The lowest BCUT2D eigenvalue weighted by molar-refractivity contribution is -0.126. The average Bonchev–Trinajstić information content (AvgIpc) is 3.13. The minimum Gasteiger partial charge on any atom is -0.332 e. The molecule has 0 aliphatic carbocycles. The van der Waals surface area contributed by atoms with E-state index in [9.17, 15) is 4.79 Å². The van der Waals surface area contributed by atoms with Gasteiger partial charge >= 0.3 is 0 Å². The van der Waals surface area contributed by atoms with Gasteiger partial charge in [0.05, 0.1) is 11.7 Å². The van der Waals surface area contributed by atoms with Crippen LogP contribution in [0.2, 0.25) is 0 Å². The van der Waals surface area contributed by atoms with Crippen molar-refractivity contribution < 1.29 is 4.79 Å². The molecule has 1 aliphatic heterocycles. The van der Waals surface area contributed by atoms with Crippen LogP contribution in [0.3, 0.4) is 0 Å². The molecule has 2 heterocycles. The number of rotatable bonds is 3. The van der Waals surface area contributed by atoms with Crippen molar-refractivity contribution >= 4 is 12.0 Å². The second-order valence-corrected chi connectivity index (χ2v) is 6.14. The lowest BCUT2D eigenvalue weighted by atomic mass is 10.0. The number of amides is 1. The summed E-state index contributed by atoms with van der Waals surface area (Å²) in [5.41, 5.74) is 4.29. The molecule has 1 aromatic heterocycles. The van der Waals surface area contributed by atoms with Crippen LogP contribution in [0.15, 0.2) is 36.4 Å². The van der Waals surface area contributed by atoms with Crippen molar-refractivity contribution in [3.8, 4) is 0 Å². The summed E-state index contributed by atoms with van der Waals surface area (Å²) in [6.07, 6.45) is 5.69. The third-order valence-electron chi connectivity index (χ3n) is 4.68. The average molecular weight is 309 g/mol. The predicted octanol–water partition coefficient (Wildman–Crippen LogP) is 3.41. The van der Waals surface area contributed by atoms with Gasteiger partial charge in [0.2, 0.25) is 5.91 Å². The van der Waals surface area contributed by atoms with Crippen molar-refractivity contribution in [3.63, 3.8) is 0 Å². The maximum atomic E-state index is 12.6. The van der Waals surface area contributed by atoms with Crippen LogP contribution in [0, 0.1) is 13.8 Å². The Morgan fingerprint density at radius 2 is 2.00 bits per heavy atom. The first-order chi connectivity index (χ1) is 11.1. The number of aromatic nitrogens is 2. The van der Waals surface area contributed by atoms with E-state index in [4.69, 9.17) is 0 Å². The molecule has 0 radical (unpaired) electrons. The quantitative estimate of drug-likeness (QED) is 0.815. The van der Waals surface area contributed by atoms with Crippen LogP contribution in [-0.4, -0.2) is 27.1 Å². The van der Waals surface area contributed by atoms with Crippen molar-refractivity contribution in [2.45, 2.75) is 32.7 Å². The number of hydrogen-bond donors (Lipinski definition) is 0. The van der Waals surface area contributed by atoms with Gasteiger partial charge in [0.25, 0.3) is 0 Å². The van der Waals surface area contributed by atoms with Crippen LogP contribution in [0.25, 0.3) is 6.08 Å². The maximum Gasteiger partial charge on any atom is 0.247 e. The monoisotopic (exact) mass is 309 g/mol. The highest BCUT2D eigenvalue weighted by atomic mass is 16.2. The number of benzene rings is 1. The topological polar surface area (TPSA) is 38.1 Å². The van der Waals surface area contributed by atoms with E-state index in [-0.39, 0.29) is 11.9 Å². The van der Waals surface area contributed by atoms with Crippen LogP contribution >= 0.6 is 0 Å². The molecule has 0 saturated carbocycles. The van der Waals surface area contributed by atoms with Crippen LogP contribution in [0.5, 0.6) is 0 Å². The molecule has 1 saturated heterocycles. The molecule has 4 heteroatoms. The normalized spacial score (nSPS) is 18.0. The Labute approximate surface area is 137 Å². The van der Waals surface area contributed by atoms with Gasteiger partial charge in [0.15, 0.2) is 0 Å². The van der Waals surface area contributed by atoms with E-state index in [1.807, 2.05) is 54.8 Å². The second-order valence-electron chi connectivity index (χ2n) is 6.14. The Balaban J connectivity index is 1.78. The lowest BCUT2D eigenvalue weighted by Crippen LogP contribution is -2.28. The number of likely N-dealkylation sites (tertiary alicyclic amines) is 1. The summed E-state index contributed by atoms with van der Waals surface area (Å²) in [5.74, 6) is 0.0824. The van der Waals surface area contributed by atoms with Crippen molar-refractivity contribution in [1.82, 2.24) is 14.7 Å². The summed E-state index contributed by atoms with van der Waals surface area (Å²) in [7, 11) is 1.92. The first-order valence-corrected chi connectivity index (χ1v) is 8.11. The zero-order valence-electron chi connectivity index (χ0n) is 14.0. The molecule has 120 valence electrons. The fourth-order valence-electron chi connectivity index (χ4n) is 3.33. The van der Waals surface area contributed by atoms with Gasteiger partial charge in [-0.15, -0.1) is 0 Å². The number of nitrogens with zero attached hydrogens (tertiary/aromatic N) is 3. The van der Waals surface area contributed by atoms with E-state index < -0.39 is 0 Å². The SMILES string of the molecule is Cc1nn(C)c(C)c1/C=C/C(=O)N1CCC[C@@H]1c1ccccc1. The number of aryl methyl sites for hydroxylation is 2. The first-order valence-electron chi connectivity index (χ1n) is 8.11. The van der Waals surface area contributed by atoms with Gasteiger partial charge in [0, 0.05) is 30.9 Å². The molecular formula is C19H23N3O.